The van der Waals surface area contributed by atoms with Gasteiger partial charge in [0, 0.05) is 29.7 Å². The van der Waals surface area contributed by atoms with E-state index < -0.39 is 0 Å². The average molecular weight is 319 g/mol. The molecule has 0 saturated heterocycles. The number of pyridine rings is 2. The Morgan fingerprint density at radius 1 is 0.913 bits per heavy atom. The maximum atomic E-state index is 12.7. The van der Waals surface area contributed by atoms with Gasteiger partial charge in [-0.15, -0.1) is 0 Å². The Morgan fingerprint density at radius 2 is 1.70 bits per heavy atom. The van der Waals surface area contributed by atoms with Gasteiger partial charge in [-0.25, -0.2) is 4.98 Å². The first kappa shape index (κ1) is 15.0. The highest BCUT2D eigenvalue weighted by atomic mass is 35.5. The highest BCUT2D eigenvalue weighted by Crippen LogP contribution is 2.20. The molecule has 4 heteroatoms. The predicted octanol–water partition coefficient (Wildman–Crippen LogP) is 3.76. The van der Waals surface area contributed by atoms with E-state index in [1.807, 2.05) is 6.07 Å². The smallest absolute Gasteiger partial charge is 0.197 e. The van der Waals surface area contributed by atoms with Gasteiger partial charge in [0.05, 0.1) is 10.6 Å². The summed E-state index contributed by atoms with van der Waals surface area (Å²) in [5, 5.41) is 0.410. The summed E-state index contributed by atoms with van der Waals surface area (Å²) < 4.78 is 0. The summed E-state index contributed by atoms with van der Waals surface area (Å²) in [5.74, 6) is 5.70. The van der Waals surface area contributed by atoms with Gasteiger partial charge in [-0.3, -0.25) is 9.78 Å². The second-order valence-electron chi connectivity index (χ2n) is 4.70. The van der Waals surface area contributed by atoms with Gasteiger partial charge in [-0.2, -0.15) is 0 Å². The van der Waals surface area contributed by atoms with Crippen molar-refractivity contribution in [3.05, 3.63) is 94.5 Å². The molecule has 0 amide bonds. The molecule has 3 rings (SSSR count). The Balaban J connectivity index is 2.01. The van der Waals surface area contributed by atoms with Crippen molar-refractivity contribution in [1.29, 1.82) is 0 Å². The highest BCUT2D eigenvalue weighted by Gasteiger charge is 2.15. The number of hydrogen-bond donors (Lipinski definition) is 0. The van der Waals surface area contributed by atoms with Gasteiger partial charge in [-0.1, -0.05) is 29.7 Å². The van der Waals surface area contributed by atoms with Crippen molar-refractivity contribution in [3.8, 4) is 11.8 Å². The second kappa shape index (κ2) is 6.87. The van der Waals surface area contributed by atoms with Gasteiger partial charge < -0.3 is 0 Å². The Kier molecular flexibility index (Phi) is 4.46. The highest BCUT2D eigenvalue weighted by molar-refractivity contribution is 6.35. The number of nitrogens with zero attached hydrogens (tertiary/aromatic N) is 2. The van der Waals surface area contributed by atoms with Crippen molar-refractivity contribution in [2.45, 2.75) is 0 Å². The second-order valence-corrected chi connectivity index (χ2v) is 5.11. The van der Waals surface area contributed by atoms with E-state index in [1.54, 1.807) is 61.1 Å². The van der Waals surface area contributed by atoms with Crippen LogP contribution in [-0.4, -0.2) is 15.8 Å². The van der Waals surface area contributed by atoms with Crippen molar-refractivity contribution < 1.29 is 4.79 Å². The van der Waals surface area contributed by atoms with Crippen LogP contribution in [0.15, 0.2) is 67.1 Å². The lowest BCUT2D eigenvalue weighted by Gasteiger charge is -2.04. The molecule has 0 radical (unpaired) electrons. The van der Waals surface area contributed by atoms with Crippen molar-refractivity contribution in [1.82, 2.24) is 9.97 Å². The van der Waals surface area contributed by atoms with E-state index in [-0.39, 0.29) is 5.78 Å². The molecule has 2 aromatic heterocycles. The quantitative estimate of drug-likeness (QED) is 0.533. The van der Waals surface area contributed by atoms with Crippen LogP contribution in [0.25, 0.3) is 0 Å². The van der Waals surface area contributed by atoms with Crippen LogP contribution in [0.2, 0.25) is 5.02 Å². The fourth-order valence-corrected chi connectivity index (χ4v) is 2.27. The van der Waals surface area contributed by atoms with Gasteiger partial charge in [0.25, 0.3) is 0 Å². The lowest BCUT2D eigenvalue weighted by atomic mass is 10.0. The summed E-state index contributed by atoms with van der Waals surface area (Å²) in [6, 6.07) is 14.0. The van der Waals surface area contributed by atoms with Crippen LogP contribution in [-0.2, 0) is 0 Å². The van der Waals surface area contributed by atoms with E-state index in [9.17, 15) is 4.79 Å². The fraction of sp³-hybridized carbons (Fsp3) is 0. The molecule has 0 N–H and O–H groups in total. The topological polar surface area (TPSA) is 42.9 Å². The summed E-state index contributed by atoms with van der Waals surface area (Å²) >= 11 is 6.11. The standard InChI is InChI=1S/C19H11ClN2O/c20-17-8-2-1-6-15(17)19(23)16-7-4-12-22-18(16)10-9-14-5-3-11-21-13-14/h1-8,11-13H. The zero-order chi connectivity index (χ0) is 16.1. The van der Waals surface area contributed by atoms with Crippen LogP contribution in [0.4, 0.5) is 0 Å². The largest absolute Gasteiger partial charge is 0.288 e. The number of aromatic nitrogens is 2. The molecule has 0 aliphatic carbocycles. The number of carbonyl (C=O) groups is 1. The maximum absolute atomic E-state index is 12.7. The van der Waals surface area contributed by atoms with Crippen LogP contribution < -0.4 is 0 Å². The monoisotopic (exact) mass is 318 g/mol. The van der Waals surface area contributed by atoms with Crippen LogP contribution in [0.5, 0.6) is 0 Å². The number of rotatable bonds is 2. The molecule has 0 saturated carbocycles. The molecule has 0 unspecified atom stereocenters. The summed E-state index contributed by atoms with van der Waals surface area (Å²) in [7, 11) is 0. The minimum absolute atomic E-state index is 0.195. The molecule has 2 heterocycles. The van der Waals surface area contributed by atoms with Crippen molar-refractivity contribution in [2.24, 2.45) is 0 Å². The predicted molar refractivity (Wildman–Crippen MR) is 89.3 cm³/mol. The molecule has 0 aliphatic rings. The Bertz CT molecular complexity index is 911. The molecule has 23 heavy (non-hydrogen) atoms. The van der Waals surface area contributed by atoms with E-state index >= 15 is 0 Å². The summed E-state index contributed by atoms with van der Waals surface area (Å²) in [5.41, 5.74) is 2.04. The van der Waals surface area contributed by atoms with E-state index in [4.69, 9.17) is 11.6 Å². The average Bonchev–Trinajstić information content (AvgIpc) is 2.61. The molecular formula is C19H11ClN2O. The third kappa shape index (κ3) is 3.45. The van der Waals surface area contributed by atoms with E-state index in [2.05, 4.69) is 21.8 Å². The zero-order valence-electron chi connectivity index (χ0n) is 12.0. The minimum Gasteiger partial charge on any atom is -0.288 e. The first-order valence-electron chi connectivity index (χ1n) is 6.92. The molecule has 0 fully saturated rings. The summed E-state index contributed by atoms with van der Waals surface area (Å²) in [6.07, 6.45) is 4.94. The normalized spacial score (nSPS) is 9.78. The third-order valence-electron chi connectivity index (χ3n) is 3.16. The van der Waals surface area contributed by atoms with Gasteiger partial charge >= 0.3 is 0 Å². The Morgan fingerprint density at radius 3 is 2.48 bits per heavy atom. The van der Waals surface area contributed by atoms with E-state index in [1.165, 1.54) is 0 Å². The van der Waals surface area contributed by atoms with Crippen LogP contribution in [0.1, 0.15) is 27.2 Å². The Labute approximate surface area is 139 Å². The SMILES string of the molecule is O=C(c1ccccc1Cl)c1cccnc1C#Cc1cccnc1. The van der Waals surface area contributed by atoms with Gasteiger partial charge in [0.2, 0.25) is 0 Å². The molecule has 110 valence electrons. The number of halogens is 1. The lowest BCUT2D eigenvalue weighted by molar-refractivity contribution is 0.103. The molecule has 0 atom stereocenters. The van der Waals surface area contributed by atoms with Crippen molar-refractivity contribution >= 4 is 17.4 Å². The van der Waals surface area contributed by atoms with Crippen molar-refractivity contribution in [2.75, 3.05) is 0 Å². The van der Waals surface area contributed by atoms with Crippen molar-refractivity contribution in [3.63, 3.8) is 0 Å². The first-order chi connectivity index (χ1) is 11.3. The molecule has 3 aromatic rings. The van der Waals surface area contributed by atoms with Gasteiger partial charge in [0.15, 0.2) is 5.78 Å². The Hall–Kier alpha value is -2.96. The van der Waals surface area contributed by atoms with Crippen LogP contribution in [0, 0.1) is 11.8 Å². The van der Waals surface area contributed by atoms with E-state index in [0.29, 0.717) is 21.8 Å². The molecule has 0 aliphatic heterocycles. The minimum atomic E-state index is -0.195. The molecule has 1 aromatic carbocycles. The number of carbonyl (C=O) groups excluding carboxylic acids is 1. The van der Waals surface area contributed by atoms with Gasteiger partial charge in [-0.05, 0) is 42.3 Å². The first-order valence-corrected chi connectivity index (χ1v) is 7.30. The number of hydrogen-bond acceptors (Lipinski definition) is 3. The fourth-order valence-electron chi connectivity index (χ4n) is 2.05. The zero-order valence-corrected chi connectivity index (χ0v) is 12.8. The number of benzene rings is 1. The summed E-state index contributed by atoms with van der Waals surface area (Å²) in [6.45, 7) is 0. The molecule has 0 spiro atoms. The van der Waals surface area contributed by atoms with Crippen LogP contribution >= 0.6 is 11.6 Å². The molecule has 3 nitrogen and oxygen atoms in total. The van der Waals surface area contributed by atoms with Crippen LogP contribution in [0.3, 0.4) is 0 Å². The third-order valence-corrected chi connectivity index (χ3v) is 3.49. The van der Waals surface area contributed by atoms with E-state index in [0.717, 1.165) is 5.56 Å². The molecular weight excluding hydrogens is 308 g/mol. The lowest BCUT2D eigenvalue weighted by Crippen LogP contribution is -2.06. The summed E-state index contributed by atoms with van der Waals surface area (Å²) in [4.78, 5) is 20.9. The molecule has 0 bridgehead atoms. The number of ketones is 1. The van der Waals surface area contributed by atoms with Gasteiger partial charge in [0.1, 0.15) is 5.69 Å². The maximum Gasteiger partial charge on any atom is 0.197 e.